The van der Waals surface area contributed by atoms with E-state index in [2.05, 4.69) is 25.4 Å². The molecule has 3 heterocycles. The maximum Gasteiger partial charge on any atom is 0.265 e. The van der Waals surface area contributed by atoms with Crippen molar-refractivity contribution in [1.29, 1.82) is 0 Å². The summed E-state index contributed by atoms with van der Waals surface area (Å²) in [6, 6.07) is 0. The molecule has 0 aliphatic carbocycles. The van der Waals surface area contributed by atoms with Crippen molar-refractivity contribution in [2.24, 2.45) is 7.05 Å². The van der Waals surface area contributed by atoms with Crippen molar-refractivity contribution in [3.8, 4) is 0 Å². The number of anilines is 2. The number of carbonyl (C=O) groups is 1. The minimum absolute atomic E-state index is 0.224. The summed E-state index contributed by atoms with van der Waals surface area (Å²) in [6.07, 6.45) is 3.91. The zero-order valence-corrected chi connectivity index (χ0v) is 12.6. The third-order valence-electron chi connectivity index (χ3n) is 3.44. The fraction of sp³-hybridized carbons (Fsp3) is 0.500. The number of amides is 1. The van der Waals surface area contributed by atoms with Gasteiger partial charge in [0.2, 0.25) is 0 Å². The number of hydrogen-bond donors (Lipinski definition) is 2. The molecule has 1 saturated heterocycles. The fourth-order valence-corrected chi connectivity index (χ4v) is 3.19. The van der Waals surface area contributed by atoms with Crippen LogP contribution in [-0.4, -0.2) is 38.7 Å². The summed E-state index contributed by atoms with van der Waals surface area (Å²) >= 11 is 1.34. The number of aromatic nitrogens is 4. The molecule has 21 heavy (non-hydrogen) atoms. The van der Waals surface area contributed by atoms with Crippen molar-refractivity contribution in [1.82, 2.24) is 25.1 Å². The average molecular weight is 307 g/mol. The Hall–Kier alpha value is -2.16. The maximum absolute atomic E-state index is 12.2. The molecular formula is C12H17N7OS. The van der Waals surface area contributed by atoms with Gasteiger partial charge >= 0.3 is 0 Å². The SMILES string of the molecule is Cn1cnnc1CNC(=O)c1sc(N2CCCC2)nc1N. The molecule has 3 rings (SSSR count). The molecule has 0 spiro atoms. The number of nitrogens with one attached hydrogen (secondary N) is 1. The number of aryl methyl sites for hydroxylation is 1. The number of nitrogens with zero attached hydrogens (tertiary/aromatic N) is 5. The highest BCUT2D eigenvalue weighted by molar-refractivity contribution is 7.18. The molecule has 0 aromatic carbocycles. The molecule has 0 saturated carbocycles. The third kappa shape index (κ3) is 2.82. The summed E-state index contributed by atoms with van der Waals surface area (Å²) in [5, 5.41) is 11.3. The van der Waals surface area contributed by atoms with Crippen molar-refractivity contribution < 1.29 is 4.79 Å². The molecule has 112 valence electrons. The van der Waals surface area contributed by atoms with E-state index in [1.807, 2.05) is 7.05 Å². The van der Waals surface area contributed by atoms with Crippen molar-refractivity contribution in [2.45, 2.75) is 19.4 Å². The monoisotopic (exact) mass is 307 g/mol. The van der Waals surface area contributed by atoms with Gasteiger partial charge in [0.25, 0.3) is 5.91 Å². The fourth-order valence-electron chi connectivity index (χ4n) is 2.23. The summed E-state index contributed by atoms with van der Waals surface area (Å²) in [4.78, 5) is 19.1. The highest BCUT2D eigenvalue weighted by atomic mass is 32.1. The highest BCUT2D eigenvalue weighted by Crippen LogP contribution is 2.30. The Morgan fingerprint density at radius 3 is 2.90 bits per heavy atom. The number of thiazole rings is 1. The van der Waals surface area contributed by atoms with Gasteiger partial charge in [-0.1, -0.05) is 11.3 Å². The van der Waals surface area contributed by atoms with Crippen molar-refractivity contribution in [3.63, 3.8) is 0 Å². The van der Waals surface area contributed by atoms with E-state index in [0.29, 0.717) is 17.2 Å². The molecular weight excluding hydrogens is 290 g/mol. The first kappa shape index (κ1) is 13.8. The Morgan fingerprint density at radius 2 is 2.24 bits per heavy atom. The minimum atomic E-state index is -0.224. The molecule has 0 unspecified atom stereocenters. The van der Waals surface area contributed by atoms with E-state index in [9.17, 15) is 4.79 Å². The predicted molar refractivity (Wildman–Crippen MR) is 80.1 cm³/mol. The lowest BCUT2D eigenvalue weighted by Gasteiger charge is -2.11. The van der Waals surface area contributed by atoms with Crippen LogP contribution in [0.25, 0.3) is 0 Å². The van der Waals surface area contributed by atoms with Crippen LogP contribution < -0.4 is 16.0 Å². The van der Waals surface area contributed by atoms with Gasteiger partial charge in [-0.15, -0.1) is 10.2 Å². The van der Waals surface area contributed by atoms with Crippen LogP contribution in [0.5, 0.6) is 0 Å². The zero-order valence-electron chi connectivity index (χ0n) is 11.7. The van der Waals surface area contributed by atoms with Crippen LogP contribution in [0.2, 0.25) is 0 Å². The summed E-state index contributed by atoms with van der Waals surface area (Å²) in [6.45, 7) is 2.27. The van der Waals surface area contributed by atoms with Crippen molar-refractivity contribution in [2.75, 3.05) is 23.7 Å². The van der Waals surface area contributed by atoms with E-state index in [1.165, 1.54) is 11.3 Å². The lowest BCUT2D eigenvalue weighted by atomic mass is 10.4. The smallest absolute Gasteiger partial charge is 0.265 e. The van der Waals surface area contributed by atoms with Crippen LogP contribution in [0.4, 0.5) is 10.9 Å². The van der Waals surface area contributed by atoms with Gasteiger partial charge in [0.15, 0.2) is 11.0 Å². The van der Waals surface area contributed by atoms with E-state index in [0.717, 1.165) is 31.1 Å². The molecule has 0 atom stereocenters. The quantitative estimate of drug-likeness (QED) is 0.847. The van der Waals surface area contributed by atoms with Gasteiger partial charge in [0, 0.05) is 20.1 Å². The molecule has 3 N–H and O–H groups in total. The molecule has 9 heteroatoms. The van der Waals surface area contributed by atoms with Gasteiger partial charge in [-0.25, -0.2) is 4.98 Å². The zero-order chi connectivity index (χ0) is 14.8. The van der Waals surface area contributed by atoms with Crippen LogP contribution in [0, 0.1) is 0 Å². The third-order valence-corrected chi connectivity index (χ3v) is 4.57. The largest absolute Gasteiger partial charge is 0.382 e. The van der Waals surface area contributed by atoms with Crippen LogP contribution in [0.1, 0.15) is 28.3 Å². The van der Waals surface area contributed by atoms with E-state index in [-0.39, 0.29) is 11.7 Å². The first-order chi connectivity index (χ1) is 10.1. The summed E-state index contributed by atoms with van der Waals surface area (Å²) in [5.41, 5.74) is 5.87. The molecule has 0 radical (unpaired) electrons. The molecule has 0 bridgehead atoms. The molecule has 1 aliphatic heterocycles. The second-order valence-electron chi connectivity index (χ2n) is 4.95. The molecule has 2 aromatic rings. The Balaban J connectivity index is 1.68. The molecule has 2 aromatic heterocycles. The van der Waals surface area contributed by atoms with Crippen LogP contribution in [0.3, 0.4) is 0 Å². The predicted octanol–water partition coefficient (Wildman–Crippen LogP) is 0.384. The Bertz CT molecular complexity index is 644. The van der Waals surface area contributed by atoms with Crippen molar-refractivity contribution >= 4 is 28.2 Å². The maximum atomic E-state index is 12.2. The second-order valence-corrected chi connectivity index (χ2v) is 5.92. The summed E-state index contributed by atoms with van der Waals surface area (Å²) in [7, 11) is 1.83. The van der Waals surface area contributed by atoms with Gasteiger partial charge < -0.3 is 20.5 Å². The van der Waals surface area contributed by atoms with E-state index in [1.54, 1.807) is 10.9 Å². The van der Waals surface area contributed by atoms with E-state index in [4.69, 9.17) is 5.73 Å². The van der Waals surface area contributed by atoms with Gasteiger partial charge in [0.05, 0.1) is 6.54 Å². The highest BCUT2D eigenvalue weighted by Gasteiger charge is 2.21. The normalized spacial score (nSPS) is 14.6. The summed E-state index contributed by atoms with van der Waals surface area (Å²) in [5.74, 6) is 0.752. The van der Waals surface area contributed by atoms with Gasteiger partial charge in [0.1, 0.15) is 17.0 Å². The lowest BCUT2D eigenvalue weighted by molar-refractivity contribution is 0.0954. The number of carbonyl (C=O) groups excluding carboxylic acids is 1. The number of nitrogens with two attached hydrogens (primary N) is 1. The number of rotatable bonds is 4. The van der Waals surface area contributed by atoms with E-state index >= 15 is 0 Å². The van der Waals surface area contributed by atoms with Crippen LogP contribution >= 0.6 is 11.3 Å². The standard InChI is InChI=1S/C12H17N7OS/c1-18-7-15-17-8(18)6-14-11(20)9-10(13)16-12(21-9)19-4-2-3-5-19/h7H,2-6,13H2,1H3,(H,14,20). The Labute approximate surface area is 126 Å². The Morgan fingerprint density at radius 1 is 1.48 bits per heavy atom. The topological polar surface area (TPSA) is 102 Å². The lowest BCUT2D eigenvalue weighted by Crippen LogP contribution is -2.24. The minimum Gasteiger partial charge on any atom is -0.382 e. The second kappa shape index (κ2) is 5.68. The van der Waals surface area contributed by atoms with Gasteiger partial charge in [-0.3, -0.25) is 4.79 Å². The Kier molecular flexibility index (Phi) is 3.74. The van der Waals surface area contributed by atoms with E-state index < -0.39 is 0 Å². The molecule has 1 amide bonds. The first-order valence-corrected chi connectivity index (χ1v) is 7.59. The van der Waals surface area contributed by atoms with Gasteiger partial charge in [-0.2, -0.15) is 0 Å². The van der Waals surface area contributed by atoms with Crippen LogP contribution in [0.15, 0.2) is 6.33 Å². The number of nitrogen functional groups attached to an aromatic ring is 1. The molecule has 8 nitrogen and oxygen atoms in total. The summed E-state index contributed by atoms with van der Waals surface area (Å²) < 4.78 is 1.76. The van der Waals surface area contributed by atoms with Crippen LogP contribution in [-0.2, 0) is 13.6 Å². The average Bonchev–Trinajstić information content (AvgIpc) is 3.16. The first-order valence-electron chi connectivity index (χ1n) is 6.77. The molecule has 1 fully saturated rings. The van der Waals surface area contributed by atoms with Crippen molar-refractivity contribution in [3.05, 3.63) is 17.0 Å². The van der Waals surface area contributed by atoms with Gasteiger partial charge in [-0.05, 0) is 12.8 Å². The molecule has 1 aliphatic rings. The number of hydrogen-bond acceptors (Lipinski definition) is 7.